The van der Waals surface area contributed by atoms with Crippen molar-refractivity contribution in [3.8, 4) is 0 Å². The van der Waals surface area contributed by atoms with E-state index in [4.69, 9.17) is 0 Å². The van der Waals surface area contributed by atoms with Gasteiger partial charge in [0.05, 0.1) is 18.2 Å². The second-order valence-electron chi connectivity index (χ2n) is 6.52. The number of rotatable bonds is 2. The summed E-state index contributed by atoms with van der Waals surface area (Å²) in [5, 5.41) is 10.3. The third kappa shape index (κ3) is 2.48. The summed E-state index contributed by atoms with van der Waals surface area (Å²) in [5.74, 6) is -0.629. The first kappa shape index (κ1) is 14.9. The van der Waals surface area contributed by atoms with Gasteiger partial charge in [0.15, 0.2) is 0 Å². The average Bonchev–Trinajstić information content (AvgIpc) is 2.96. The van der Waals surface area contributed by atoms with E-state index in [-0.39, 0.29) is 24.3 Å². The molecule has 1 aliphatic carbocycles. The molecule has 2 N–H and O–H groups in total. The minimum Gasteiger partial charge on any atom is -0.349 e. The van der Waals surface area contributed by atoms with E-state index in [0.29, 0.717) is 0 Å². The number of carbonyl (C=O) groups is 2. The fraction of sp³-hybridized carbons (Fsp3) is 0.389. The van der Waals surface area contributed by atoms with Crippen LogP contribution in [0, 0.1) is 0 Å². The smallest absolute Gasteiger partial charge is 0.228 e. The molecule has 1 aromatic heterocycles. The van der Waals surface area contributed by atoms with E-state index >= 15 is 0 Å². The van der Waals surface area contributed by atoms with Crippen molar-refractivity contribution in [1.29, 1.82) is 0 Å². The van der Waals surface area contributed by atoms with Gasteiger partial charge in [0.2, 0.25) is 11.8 Å². The van der Waals surface area contributed by atoms with Crippen LogP contribution in [0.3, 0.4) is 0 Å². The second-order valence-corrected chi connectivity index (χ2v) is 6.52. The van der Waals surface area contributed by atoms with Crippen LogP contribution < -0.4 is 10.6 Å². The zero-order valence-corrected chi connectivity index (χ0v) is 13.6. The molecule has 2 aromatic rings. The first-order valence-corrected chi connectivity index (χ1v) is 8.33. The van der Waals surface area contributed by atoms with Crippen LogP contribution in [0.25, 0.3) is 0 Å². The monoisotopic (exact) mass is 324 g/mol. The number of benzene rings is 1. The Morgan fingerprint density at radius 1 is 1.33 bits per heavy atom. The first-order chi connectivity index (χ1) is 11.6. The van der Waals surface area contributed by atoms with Crippen molar-refractivity contribution < 1.29 is 9.59 Å². The first-order valence-electron chi connectivity index (χ1n) is 8.33. The van der Waals surface area contributed by atoms with Crippen molar-refractivity contribution in [3.05, 3.63) is 47.3 Å². The molecule has 0 bridgehead atoms. The van der Waals surface area contributed by atoms with Gasteiger partial charge in [0, 0.05) is 30.4 Å². The van der Waals surface area contributed by atoms with Gasteiger partial charge in [-0.3, -0.25) is 14.3 Å². The van der Waals surface area contributed by atoms with Crippen molar-refractivity contribution in [2.45, 2.75) is 37.6 Å². The van der Waals surface area contributed by atoms with E-state index in [1.807, 2.05) is 42.2 Å². The molecule has 6 heteroatoms. The van der Waals surface area contributed by atoms with E-state index in [0.717, 1.165) is 36.1 Å². The Morgan fingerprint density at radius 2 is 2.17 bits per heavy atom. The number of anilines is 1. The molecule has 4 rings (SSSR count). The van der Waals surface area contributed by atoms with E-state index in [2.05, 4.69) is 15.7 Å². The summed E-state index contributed by atoms with van der Waals surface area (Å²) < 4.78 is 1.89. The number of carbonyl (C=O) groups excluding carboxylic acids is 2. The Hall–Kier alpha value is -2.63. The second kappa shape index (κ2) is 5.78. The Kier molecular flexibility index (Phi) is 3.59. The van der Waals surface area contributed by atoms with Crippen molar-refractivity contribution in [2.75, 3.05) is 5.32 Å². The lowest BCUT2D eigenvalue weighted by Crippen LogP contribution is -2.38. The molecule has 2 aliphatic rings. The highest BCUT2D eigenvalue weighted by atomic mass is 16.2. The summed E-state index contributed by atoms with van der Waals surface area (Å²) in [6.45, 7) is 0. The van der Waals surface area contributed by atoms with Gasteiger partial charge >= 0.3 is 0 Å². The summed E-state index contributed by atoms with van der Waals surface area (Å²) in [4.78, 5) is 24.8. The Labute approximate surface area is 140 Å². The maximum Gasteiger partial charge on any atom is 0.228 e. The number of nitrogens with zero attached hydrogens (tertiary/aromatic N) is 2. The highest BCUT2D eigenvalue weighted by Crippen LogP contribution is 2.34. The minimum atomic E-state index is -0.433. The highest BCUT2D eigenvalue weighted by Gasteiger charge is 2.33. The zero-order valence-electron chi connectivity index (χ0n) is 13.6. The number of hydrogen-bond donors (Lipinski definition) is 2. The van der Waals surface area contributed by atoms with Crippen LogP contribution >= 0.6 is 0 Å². The van der Waals surface area contributed by atoms with Gasteiger partial charge in [0.25, 0.3) is 0 Å². The van der Waals surface area contributed by atoms with Gasteiger partial charge in [-0.25, -0.2) is 0 Å². The van der Waals surface area contributed by atoms with Crippen LogP contribution in [0.2, 0.25) is 0 Å². The fourth-order valence-electron chi connectivity index (χ4n) is 3.77. The van der Waals surface area contributed by atoms with Crippen molar-refractivity contribution in [1.82, 2.24) is 15.1 Å². The van der Waals surface area contributed by atoms with Crippen LogP contribution in [-0.2, 0) is 23.1 Å². The Balaban J connectivity index is 1.58. The third-order valence-corrected chi connectivity index (χ3v) is 5.01. The molecular weight excluding hydrogens is 304 g/mol. The number of hydrogen-bond acceptors (Lipinski definition) is 3. The molecule has 0 fully saturated rings. The molecule has 24 heavy (non-hydrogen) atoms. The van der Waals surface area contributed by atoms with Gasteiger partial charge in [-0.1, -0.05) is 18.2 Å². The van der Waals surface area contributed by atoms with Gasteiger partial charge in [-0.15, -0.1) is 0 Å². The molecule has 0 radical (unpaired) electrons. The number of aromatic nitrogens is 2. The summed E-state index contributed by atoms with van der Waals surface area (Å²) in [6, 6.07) is 7.49. The molecule has 1 aliphatic heterocycles. The van der Waals surface area contributed by atoms with Crippen LogP contribution in [0.5, 0.6) is 0 Å². The molecule has 6 nitrogen and oxygen atoms in total. The summed E-state index contributed by atoms with van der Waals surface area (Å²) in [7, 11) is 1.94. The average molecular weight is 324 g/mol. The predicted molar refractivity (Wildman–Crippen MR) is 89.5 cm³/mol. The molecule has 2 unspecified atom stereocenters. The predicted octanol–water partition coefficient (Wildman–Crippen LogP) is 2.04. The third-order valence-electron chi connectivity index (χ3n) is 5.01. The van der Waals surface area contributed by atoms with Gasteiger partial charge < -0.3 is 10.6 Å². The lowest BCUT2D eigenvalue weighted by Gasteiger charge is -2.29. The fourth-order valence-corrected chi connectivity index (χ4v) is 3.77. The molecule has 1 aromatic carbocycles. The molecule has 124 valence electrons. The van der Waals surface area contributed by atoms with Crippen LogP contribution in [0.1, 0.15) is 48.0 Å². The lowest BCUT2D eigenvalue weighted by atomic mass is 9.88. The maximum atomic E-state index is 12.9. The molecule has 0 saturated carbocycles. The van der Waals surface area contributed by atoms with Crippen LogP contribution in [-0.4, -0.2) is 21.6 Å². The van der Waals surface area contributed by atoms with Gasteiger partial charge in [0.1, 0.15) is 0 Å². The highest BCUT2D eigenvalue weighted by molar-refractivity contribution is 6.01. The topological polar surface area (TPSA) is 76.0 Å². The quantitative estimate of drug-likeness (QED) is 0.887. The van der Waals surface area contributed by atoms with Gasteiger partial charge in [-0.05, 0) is 30.9 Å². The zero-order chi connectivity index (χ0) is 16.7. The summed E-state index contributed by atoms with van der Waals surface area (Å²) in [5.41, 5.74) is 3.91. The largest absolute Gasteiger partial charge is 0.349 e. The molecule has 2 amide bonds. The van der Waals surface area contributed by atoms with E-state index in [9.17, 15) is 9.59 Å². The van der Waals surface area contributed by atoms with Crippen LogP contribution in [0.15, 0.2) is 30.5 Å². The van der Waals surface area contributed by atoms with Crippen LogP contribution in [0.4, 0.5) is 5.69 Å². The van der Waals surface area contributed by atoms with Crippen molar-refractivity contribution in [2.24, 2.45) is 7.05 Å². The van der Waals surface area contributed by atoms with Gasteiger partial charge in [-0.2, -0.15) is 5.10 Å². The van der Waals surface area contributed by atoms with E-state index in [1.165, 1.54) is 5.69 Å². The lowest BCUT2D eigenvalue weighted by molar-refractivity contribution is -0.127. The summed E-state index contributed by atoms with van der Waals surface area (Å²) in [6.07, 6.45) is 4.97. The van der Waals surface area contributed by atoms with Crippen molar-refractivity contribution >= 4 is 17.5 Å². The molecular formula is C18H20N4O2. The Bertz CT molecular complexity index is 811. The number of para-hydroxylation sites is 1. The Morgan fingerprint density at radius 3 is 3.04 bits per heavy atom. The SMILES string of the molecule is Cn1ncc2c1CCCC2NC(=O)C1CC(=O)Nc2ccccc21. The molecule has 2 atom stereocenters. The normalized spacial score (nSPS) is 22.3. The number of aryl methyl sites for hydroxylation is 1. The maximum absolute atomic E-state index is 12.9. The standard InChI is InChI=1S/C18H20N4O2/c1-22-16-8-4-7-15(13(16)10-19-22)21-18(24)12-9-17(23)20-14-6-3-2-5-11(12)14/h2-3,5-6,10,12,15H,4,7-9H2,1H3,(H,20,23)(H,21,24). The minimum absolute atomic E-state index is 0.0212. The van der Waals surface area contributed by atoms with E-state index in [1.54, 1.807) is 0 Å². The van der Waals surface area contributed by atoms with E-state index < -0.39 is 5.92 Å². The molecule has 0 spiro atoms. The summed E-state index contributed by atoms with van der Waals surface area (Å²) >= 11 is 0. The number of nitrogens with one attached hydrogen (secondary N) is 2. The molecule has 2 heterocycles. The van der Waals surface area contributed by atoms with Crippen molar-refractivity contribution in [3.63, 3.8) is 0 Å². The number of amides is 2. The molecule has 0 saturated heterocycles. The number of fused-ring (bicyclic) bond motifs is 2.